The molecule has 0 radical (unpaired) electrons. The van der Waals surface area contributed by atoms with Crippen molar-refractivity contribution in [3.05, 3.63) is 55.4 Å². The molecule has 0 aliphatic rings. The predicted molar refractivity (Wildman–Crippen MR) is 86.1 cm³/mol. The van der Waals surface area contributed by atoms with Gasteiger partial charge in [0.05, 0.1) is 4.47 Å². The third kappa shape index (κ3) is 3.68. The summed E-state index contributed by atoms with van der Waals surface area (Å²) in [6, 6.07) is 11.0. The first kappa shape index (κ1) is 14.8. The van der Waals surface area contributed by atoms with Gasteiger partial charge in [0.25, 0.3) is 0 Å². The Morgan fingerprint density at radius 1 is 1.00 bits per heavy atom. The van der Waals surface area contributed by atoms with Crippen molar-refractivity contribution in [3.63, 3.8) is 0 Å². The van der Waals surface area contributed by atoms with Crippen molar-refractivity contribution in [1.29, 1.82) is 0 Å². The van der Waals surface area contributed by atoms with Gasteiger partial charge in [-0.1, -0.05) is 15.9 Å². The van der Waals surface area contributed by atoms with Gasteiger partial charge in [0.15, 0.2) is 5.78 Å². The van der Waals surface area contributed by atoms with Gasteiger partial charge in [-0.05, 0) is 75.2 Å². The zero-order valence-corrected chi connectivity index (χ0v) is 14.7. The van der Waals surface area contributed by atoms with Gasteiger partial charge in [0.1, 0.15) is 11.5 Å². The molecule has 0 amide bonds. The second-order valence-electron chi connectivity index (χ2n) is 3.87. The number of halogens is 3. The summed E-state index contributed by atoms with van der Waals surface area (Å²) in [5.41, 5.74) is 0.641. The van der Waals surface area contributed by atoms with Gasteiger partial charge in [0, 0.05) is 14.5 Å². The second kappa shape index (κ2) is 6.20. The van der Waals surface area contributed by atoms with Crippen molar-refractivity contribution in [2.24, 2.45) is 0 Å². The van der Waals surface area contributed by atoms with Crippen LogP contribution in [0.3, 0.4) is 0 Å². The summed E-state index contributed by atoms with van der Waals surface area (Å²) in [5.74, 6) is 1.40. The minimum atomic E-state index is 0.0169. The smallest absolute Gasteiger partial charge is 0.160 e. The number of hydrogen-bond acceptors (Lipinski definition) is 2. The van der Waals surface area contributed by atoms with Gasteiger partial charge in [-0.3, -0.25) is 4.79 Å². The van der Waals surface area contributed by atoms with Crippen molar-refractivity contribution in [1.82, 2.24) is 0 Å². The van der Waals surface area contributed by atoms with Gasteiger partial charge < -0.3 is 4.74 Å². The Labute approximate surface area is 136 Å². The molecule has 0 heterocycles. The summed E-state index contributed by atoms with van der Waals surface area (Å²) in [6.07, 6.45) is 0. The average Bonchev–Trinajstić information content (AvgIpc) is 2.32. The summed E-state index contributed by atoms with van der Waals surface area (Å²) in [5, 5.41) is 0. The maximum atomic E-state index is 11.3. The third-order valence-electron chi connectivity index (χ3n) is 2.44. The number of ether oxygens (including phenoxy) is 1. The number of carbonyl (C=O) groups excluding carboxylic acids is 1. The monoisotopic (exact) mass is 446 g/mol. The lowest BCUT2D eigenvalue weighted by Crippen LogP contribution is -1.94. The first-order valence-electron chi connectivity index (χ1n) is 5.41. The van der Waals surface area contributed by atoms with Crippen molar-refractivity contribution in [3.8, 4) is 11.5 Å². The third-order valence-corrected chi connectivity index (χ3v) is 4.21. The molecule has 19 heavy (non-hydrogen) atoms. The normalized spacial score (nSPS) is 10.3. The maximum absolute atomic E-state index is 11.3. The molecule has 0 aliphatic heterocycles. The molecule has 0 bridgehead atoms. The minimum absolute atomic E-state index is 0.0169. The standard InChI is InChI=1S/C14H9Br3O2/c1-8(18)11-4-3-10(7-12(11)16)19-14-5-2-9(15)6-13(14)17/h2-7H,1H3. The van der Waals surface area contributed by atoms with Crippen LogP contribution in [0.25, 0.3) is 0 Å². The van der Waals surface area contributed by atoms with E-state index in [2.05, 4.69) is 47.8 Å². The Balaban J connectivity index is 2.29. The van der Waals surface area contributed by atoms with E-state index in [1.807, 2.05) is 18.2 Å². The van der Waals surface area contributed by atoms with Gasteiger partial charge in [-0.25, -0.2) is 0 Å². The number of benzene rings is 2. The molecule has 0 fully saturated rings. The SMILES string of the molecule is CC(=O)c1ccc(Oc2ccc(Br)cc2Br)cc1Br. The summed E-state index contributed by atoms with van der Waals surface area (Å²) >= 11 is 10.2. The van der Waals surface area contributed by atoms with E-state index in [1.54, 1.807) is 18.2 Å². The first-order chi connectivity index (χ1) is 8.97. The van der Waals surface area contributed by atoms with E-state index in [9.17, 15) is 4.79 Å². The van der Waals surface area contributed by atoms with E-state index in [-0.39, 0.29) is 5.78 Å². The van der Waals surface area contributed by atoms with Crippen LogP contribution in [0.4, 0.5) is 0 Å². The fourth-order valence-electron chi connectivity index (χ4n) is 1.53. The fourth-order valence-corrected chi connectivity index (χ4v) is 3.29. The van der Waals surface area contributed by atoms with Crippen LogP contribution in [0.1, 0.15) is 17.3 Å². The van der Waals surface area contributed by atoms with Crippen molar-refractivity contribution in [2.75, 3.05) is 0 Å². The second-order valence-corrected chi connectivity index (χ2v) is 6.50. The predicted octanol–water partition coefficient (Wildman–Crippen LogP) is 5.97. The van der Waals surface area contributed by atoms with Crippen LogP contribution >= 0.6 is 47.8 Å². The molecule has 2 nitrogen and oxygen atoms in total. The Bertz CT molecular complexity index is 639. The Morgan fingerprint density at radius 2 is 1.74 bits per heavy atom. The fraction of sp³-hybridized carbons (Fsp3) is 0.0714. The Kier molecular flexibility index (Phi) is 4.81. The van der Waals surface area contributed by atoms with Crippen molar-refractivity contribution in [2.45, 2.75) is 6.92 Å². The Morgan fingerprint density at radius 3 is 2.32 bits per heavy atom. The van der Waals surface area contributed by atoms with Gasteiger partial charge in [-0.2, -0.15) is 0 Å². The molecule has 0 unspecified atom stereocenters. The molecule has 0 atom stereocenters. The molecular weight excluding hydrogens is 440 g/mol. The first-order valence-corrected chi connectivity index (χ1v) is 7.78. The van der Waals surface area contributed by atoms with Crippen LogP contribution in [-0.2, 0) is 0 Å². The van der Waals surface area contributed by atoms with Gasteiger partial charge in [0.2, 0.25) is 0 Å². The number of hydrogen-bond donors (Lipinski definition) is 0. The van der Waals surface area contributed by atoms with E-state index >= 15 is 0 Å². The molecule has 0 N–H and O–H groups in total. The molecule has 0 saturated carbocycles. The molecule has 0 aromatic heterocycles. The highest BCUT2D eigenvalue weighted by Gasteiger charge is 2.08. The molecule has 0 spiro atoms. The molecule has 2 aromatic rings. The van der Waals surface area contributed by atoms with Gasteiger partial charge >= 0.3 is 0 Å². The molecule has 2 rings (SSSR count). The molecular formula is C14H9Br3O2. The van der Waals surface area contributed by atoms with E-state index < -0.39 is 0 Å². The zero-order chi connectivity index (χ0) is 14.0. The van der Waals surface area contributed by atoms with Crippen LogP contribution in [0.5, 0.6) is 11.5 Å². The highest BCUT2D eigenvalue weighted by atomic mass is 79.9. The summed E-state index contributed by atoms with van der Waals surface area (Å²) < 4.78 is 8.33. The van der Waals surface area contributed by atoms with Crippen molar-refractivity contribution >= 4 is 53.6 Å². The van der Waals surface area contributed by atoms with Crippen LogP contribution < -0.4 is 4.74 Å². The van der Waals surface area contributed by atoms with E-state index in [1.165, 1.54) is 6.92 Å². The molecule has 0 saturated heterocycles. The lowest BCUT2D eigenvalue weighted by Gasteiger charge is -2.09. The van der Waals surface area contributed by atoms with Crippen LogP contribution in [-0.4, -0.2) is 5.78 Å². The Hall–Kier alpha value is -0.650. The topological polar surface area (TPSA) is 26.3 Å². The summed E-state index contributed by atoms with van der Waals surface area (Å²) in [6.45, 7) is 1.53. The summed E-state index contributed by atoms with van der Waals surface area (Å²) in [4.78, 5) is 11.3. The average molecular weight is 449 g/mol. The van der Waals surface area contributed by atoms with E-state index in [4.69, 9.17) is 4.74 Å². The van der Waals surface area contributed by atoms with Crippen molar-refractivity contribution < 1.29 is 9.53 Å². The number of carbonyl (C=O) groups is 1. The van der Waals surface area contributed by atoms with Crippen LogP contribution in [0, 0.1) is 0 Å². The lowest BCUT2D eigenvalue weighted by atomic mass is 10.1. The number of rotatable bonds is 3. The minimum Gasteiger partial charge on any atom is -0.456 e. The molecule has 5 heteroatoms. The number of ketones is 1. The quantitative estimate of drug-likeness (QED) is 0.541. The lowest BCUT2D eigenvalue weighted by molar-refractivity contribution is 0.101. The van der Waals surface area contributed by atoms with E-state index in [0.717, 1.165) is 13.4 Å². The highest BCUT2D eigenvalue weighted by Crippen LogP contribution is 2.33. The number of Topliss-reactive ketones (excluding diaryl/α,β-unsaturated/α-hetero) is 1. The molecule has 0 aliphatic carbocycles. The van der Waals surface area contributed by atoms with Crippen LogP contribution in [0.2, 0.25) is 0 Å². The van der Waals surface area contributed by atoms with E-state index in [0.29, 0.717) is 17.1 Å². The molecule has 2 aromatic carbocycles. The zero-order valence-electron chi connectivity index (χ0n) is 9.91. The largest absolute Gasteiger partial charge is 0.456 e. The highest BCUT2D eigenvalue weighted by molar-refractivity contribution is 9.11. The summed E-state index contributed by atoms with van der Waals surface area (Å²) in [7, 11) is 0. The van der Waals surface area contributed by atoms with Gasteiger partial charge in [-0.15, -0.1) is 0 Å². The molecule has 98 valence electrons. The van der Waals surface area contributed by atoms with Crippen LogP contribution in [0.15, 0.2) is 49.8 Å². The maximum Gasteiger partial charge on any atom is 0.160 e.